The van der Waals surface area contributed by atoms with E-state index >= 15 is 0 Å². The number of carbonyl (C=O) groups is 2. The Morgan fingerprint density at radius 3 is 1.73 bits per heavy atom. The van der Waals surface area contributed by atoms with Gasteiger partial charge in [-0.2, -0.15) is 0 Å². The molecule has 1 aromatic rings. The van der Waals surface area contributed by atoms with Crippen LogP contribution in [-0.4, -0.2) is 25.0 Å². The van der Waals surface area contributed by atoms with E-state index in [-0.39, 0.29) is 11.8 Å². The van der Waals surface area contributed by atoms with Gasteiger partial charge < -0.3 is 20.9 Å². The van der Waals surface area contributed by atoms with E-state index in [0.29, 0.717) is 26.1 Å². The highest BCUT2D eigenvalue weighted by atomic mass is 16.5. The van der Waals surface area contributed by atoms with Gasteiger partial charge >= 0.3 is 0 Å². The van der Waals surface area contributed by atoms with Gasteiger partial charge in [-0.3, -0.25) is 9.59 Å². The molecule has 0 atom stereocenters. The minimum Gasteiger partial charge on any atom is -0.493 e. The minimum atomic E-state index is -0.279. The maximum Gasteiger partial charge on any atom is 0.217 e. The van der Waals surface area contributed by atoms with Crippen LogP contribution in [0.2, 0.25) is 0 Å². The second-order valence-electron chi connectivity index (χ2n) is 6.46. The molecule has 0 bridgehead atoms. The summed E-state index contributed by atoms with van der Waals surface area (Å²) in [5.74, 6) is 1.01. The molecule has 0 unspecified atom stereocenters. The Hall–Kier alpha value is -2.24. The number of carbonyl (C=O) groups excluding carboxylic acids is 2. The summed E-state index contributed by atoms with van der Waals surface area (Å²) in [6.07, 6.45) is 7.02. The van der Waals surface area contributed by atoms with E-state index in [1.807, 2.05) is 18.2 Å². The lowest BCUT2D eigenvalue weighted by Gasteiger charge is -2.12. The lowest BCUT2D eigenvalue weighted by molar-refractivity contribution is -0.119. The lowest BCUT2D eigenvalue weighted by Crippen LogP contribution is -2.10. The van der Waals surface area contributed by atoms with Crippen LogP contribution in [0.4, 0.5) is 0 Å². The van der Waals surface area contributed by atoms with Crippen molar-refractivity contribution in [3.05, 3.63) is 23.8 Å². The Labute approximate surface area is 156 Å². The molecule has 0 aliphatic carbocycles. The molecule has 1 aromatic carbocycles. The molecule has 0 aliphatic heterocycles. The predicted octanol–water partition coefficient (Wildman–Crippen LogP) is 3.10. The summed E-state index contributed by atoms with van der Waals surface area (Å²) in [4.78, 5) is 21.5. The first-order valence-corrected chi connectivity index (χ1v) is 9.47. The number of rotatable bonds is 15. The predicted molar refractivity (Wildman–Crippen MR) is 102 cm³/mol. The van der Waals surface area contributed by atoms with Gasteiger partial charge in [0, 0.05) is 18.9 Å². The van der Waals surface area contributed by atoms with Gasteiger partial charge in [0.05, 0.1) is 13.2 Å². The van der Waals surface area contributed by atoms with Gasteiger partial charge in [0.25, 0.3) is 0 Å². The molecular weight excluding hydrogens is 332 g/mol. The molecule has 6 nitrogen and oxygen atoms in total. The maximum absolute atomic E-state index is 10.7. The standard InChI is InChI=1S/C20H32N2O4/c1-2-3-8-16-13-17(25-11-6-4-9-19(21)23)15-18(14-16)26-12-7-5-10-20(22)24/h13-15H,2-12H2,1H3,(H2,21,23)(H2,22,24). The second kappa shape index (κ2) is 13.0. The molecule has 0 heterocycles. The van der Waals surface area contributed by atoms with Gasteiger partial charge in [-0.1, -0.05) is 13.3 Å². The third-order valence-electron chi connectivity index (χ3n) is 3.93. The van der Waals surface area contributed by atoms with Crippen LogP contribution in [0.25, 0.3) is 0 Å². The van der Waals surface area contributed by atoms with E-state index < -0.39 is 0 Å². The molecule has 0 aliphatic rings. The van der Waals surface area contributed by atoms with Gasteiger partial charge in [-0.05, 0) is 56.2 Å². The van der Waals surface area contributed by atoms with Crippen LogP contribution in [0.1, 0.15) is 63.9 Å². The number of unbranched alkanes of at least 4 members (excludes halogenated alkanes) is 3. The summed E-state index contributed by atoms with van der Waals surface area (Å²) < 4.78 is 11.6. The average Bonchev–Trinajstić information content (AvgIpc) is 2.58. The number of hydrogen-bond acceptors (Lipinski definition) is 4. The fraction of sp³-hybridized carbons (Fsp3) is 0.600. The number of ether oxygens (including phenoxy) is 2. The zero-order chi connectivity index (χ0) is 19.2. The number of aryl methyl sites for hydroxylation is 1. The molecule has 26 heavy (non-hydrogen) atoms. The van der Waals surface area contributed by atoms with Crippen LogP contribution in [-0.2, 0) is 16.0 Å². The summed E-state index contributed by atoms with van der Waals surface area (Å²) in [5.41, 5.74) is 11.5. The number of benzene rings is 1. The Kier molecular flexibility index (Phi) is 10.9. The van der Waals surface area contributed by atoms with Crippen molar-refractivity contribution in [3.63, 3.8) is 0 Å². The first kappa shape index (κ1) is 21.8. The molecule has 1 rings (SSSR count). The van der Waals surface area contributed by atoms with E-state index in [2.05, 4.69) is 6.92 Å². The maximum atomic E-state index is 10.7. The van der Waals surface area contributed by atoms with Gasteiger partial charge in [0.15, 0.2) is 0 Å². The number of amides is 2. The summed E-state index contributed by atoms with van der Waals surface area (Å²) in [7, 11) is 0. The molecule has 0 saturated carbocycles. The molecule has 0 spiro atoms. The number of hydrogen-bond donors (Lipinski definition) is 2. The third kappa shape index (κ3) is 10.6. The molecule has 0 radical (unpaired) electrons. The Morgan fingerprint density at radius 2 is 1.31 bits per heavy atom. The fourth-order valence-corrected chi connectivity index (χ4v) is 2.51. The van der Waals surface area contributed by atoms with E-state index in [4.69, 9.17) is 20.9 Å². The molecule has 0 aromatic heterocycles. The van der Waals surface area contributed by atoms with Crippen LogP contribution in [0.5, 0.6) is 11.5 Å². The highest BCUT2D eigenvalue weighted by Gasteiger charge is 2.05. The van der Waals surface area contributed by atoms with Crippen LogP contribution in [0.15, 0.2) is 18.2 Å². The van der Waals surface area contributed by atoms with E-state index in [0.717, 1.165) is 56.4 Å². The summed E-state index contributed by atoms with van der Waals surface area (Å²) in [6, 6.07) is 5.98. The topological polar surface area (TPSA) is 105 Å². The molecule has 2 amide bonds. The van der Waals surface area contributed by atoms with Crippen molar-refractivity contribution in [2.75, 3.05) is 13.2 Å². The molecule has 0 saturated heterocycles. The first-order chi connectivity index (χ1) is 12.5. The van der Waals surface area contributed by atoms with Gasteiger partial charge in [-0.25, -0.2) is 0 Å². The summed E-state index contributed by atoms with van der Waals surface area (Å²) in [6.45, 7) is 3.25. The van der Waals surface area contributed by atoms with Crippen molar-refractivity contribution < 1.29 is 19.1 Å². The van der Waals surface area contributed by atoms with Gasteiger partial charge in [-0.15, -0.1) is 0 Å². The third-order valence-corrected chi connectivity index (χ3v) is 3.93. The fourth-order valence-electron chi connectivity index (χ4n) is 2.51. The normalized spacial score (nSPS) is 10.5. The van der Waals surface area contributed by atoms with Gasteiger partial charge in [0.2, 0.25) is 11.8 Å². The largest absolute Gasteiger partial charge is 0.493 e. The zero-order valence-electron chi connectivity index (χ0n) is 15.8. The molecule has 146 valence electrons. The highest BCUT2D eigenvalue weighted by Crippen LogP contribution is 2.25. The quantitative estimate of drug-likeness (QED) is 0.467. The average molecular weight is 364 g/mol. The van der Waals surface area contributed by atoms with Crippen LogP contribution in [0.3, 0.4) is 0 Å². The lowest BCUT2D eigenvalue weighted by atomic mass is 10.1. The van der Waals surface area contributed by atoms with E-state index in [1.165, 1.54) is 5.56 Å². The minimum absolute atomic E-state index is 0.279. The zero-order valence-corrected chi connectivity index (χ0v) is 15.8. The van der Waals surface area contributed by atoms with Crippen LogP contribution >= 0.6 is 0 Å². The smallest absolute Gasteiger partial charge is 0.217 e. The van der Waals surface area contributed by atoms with Crippen molar-refractivity contribution in [2.24, 2.45) is 11.5 Å². The van der Waals surface area contributed by atoms with Gasteiger partial charge in [0.1, 0.15) is 11.5 Å². The molecule has 6 heteroatoms. The van der Waals surface area contributed by atoms with E-state index in [9.17, 15) is 9.59 Å². The summed E-state index contributed by atoms with van der Waals surface area (Å²) >= 11 is 0. The van der Waals surface area contributed by atoms with Crippen molar-refractivity contribution in [1.82, 2.24) is 0 Å². The highest BCUT2D eigenvalue weighted by molar-refractivity contribution is 5.73. The molecule has 4 N–H and O–H groups in total. The monoisotopic (exact) mass is 364 g/mol. The van der Waals surface area contributed by atoms with Crippen molar-refractivity contribution >= 4 is 11.8 Å². The van der Waals surface area contributed by atoms with Crippen molar-refractivity contribution in [3.8, 4) is 11.5 Å². The number of primary amides is 2. The Morgan fingerprint density at radius 1 is 0.808 bits per heavy atom. The molecular formula is C20H32N2O4. The van der Waals surface area contributed by atoms with E-state index in [1.54, 1.807) is 0 Å². The molecule has 0 fully saturated rings. The summed E-state index contributed by atoms with van der Waals surface area (Å²) in [5, 5.41) is 0. The number of nitrogens with two attached hydrogens (primary N) is 2. The van der Waals surface area contributed by atoms with Crippen molar-refractivity contribution in [2.45, 2.75) is 64.7 Å². The van der Waals surface area contributed by atoms with Crippen molar-refractivity contribution in [1.29, 1.82) is 0 Å². The Balaban J connectivity index is 2.52. The van der Waals surface area contributed by atoms with Crippen LogP contribution in [0, 0.1) is 0 Å². The second-order valence-corrected chi connectivity index (χ2v) is 6.46. The van der Waals surface area contributed by atoms with Crippen LogP contribution < -0.4 is 20.9 Å². The SMILES string of the molecule is CCCCc1cc(OCCCCC(N)=O)cc(OCCCCC(N)=O)c1. The Bertz CT molecular complexity index is 518. The first-order valence-electron chi connectivity index (χ1n) is 9.47.